The van der Waals surface area contributed by atoms with Gasteiger partial charge in [0.2, 0.25) is 17.6 Å². The van der Waals surface area contributed by atoms with E-state index < -0.39 is 17.4 Å². The molecule has 4 rings (SSSR count). The molecule has 0 aliphatic carbocycles. The molecule has 3 heterocycles. The van der Waals surface area contributed by atoms with Gasteiger partial charge in [0.25, 0.3) is 0 Å². The lowest BCUT2D eigenvalue weighted by molar-refractivity contribution is -0.136. The normalized spacial score (nSPS) is 35.3. The fraction of sp³-hybridized carbons (Fsp3) is 0.389. The lowest BCUT2D eigenvalue weighted by Gasteiger charge is -2.39. The first-order valence-electron chi connectivity index (χ1n) is 7.89. The van der Waals surface area contributed by atoms with Crippen LogP contribution in [0.25, 0.3) is 0 Å². The summed E-state index contributed by atoms with van der Waals surface area (Å²) in [6, 6.07) is 8.54. The summed E-state index contributed by atoms with van der Waals surface area (Å²) in [5.41, 5.74) is -0.513. The first kappa shape index (κ1) is 15.1. The number of hydrogen-bond donors (Lipinski definition) is 0. The molecule has 4 atom stereocenters. The number of ether oxygens (including phenoxy) is 1. The Balaban J connectivity index is 1.85. The predicted octanol–water partition coefficient (Wildman–Crippen LogP) is 0.978. The molecule has 0 radical (unpaired) electrons. The van der Waals surface area contributed by atoms with Crippen molar-refractivity contribution in [2.75, 3.05) is 19.1 Å². The number of methoxy groups -OCH3 is 1. The van der Waals surface area contributed by atoms with Gasteiger partial charge in [-0.05, 0) is 32.2 Å². The number of ketones is 1. The topological polar surface area (TPSA) is 66.9 Å². The van der Waals surface area contributed by atoms with E-state index in [9.17, 15) is 14.4 Å². The molecule has 2 fully saturated rings. The van der Waals surface area contributed by atoms with Crippen LogP contribution in [0.4, 0.5) is 5.69 Å². The number of carbonyl (C=O) groups is 3. The molecule has 3 aliphatic heterocycles. The SMILES string of the molecule is COC1=C[C@H]2[C@@H]3C(=O)N(c4ccccc4)C(=O)[C@@H]3[C@@](C)(C1=O)N2C. The molecule has 0 spiro atoms. The highest BCUT2D eigenvalue weighted by atomic mass is 16.5. The highest BCUT2D eigenvalue weighted by Gasteiger charge is 2.70. The first-order valence-corrected chi connectivity index (χ1v) is 7.89. The second kappa shape index (κ2) is 4.77. The van der Waals surface area contributed by atoms with Crippen LogP contribution in [-0.2, 0) is 19.1 Å². The Bertz CT molecular complexity index is 787. The molecule has 0 saturated carbocycles. The third kappa shape index (κ3) is 1.56. The molecule has 2 bridgehead atoms. The molecule has 3 aliphatic rings. The van der Waals surface area contributed by atoms with Gasteiger partial charge in [0.1, 0.15) is 0 Å². The molecule has 0 aromatic heterocycles. The zero-order valence-corrected chi connectivity index (χ0v) is 13.7. The van der Waals surface area contributed by atoms with E-state index in [4.69, 9.17) is 4.74 Å². The van der Waals surface area contributed by atoms with Crippen LogP contribution < -0.4 is 4.90 Å². The van der Waals surface area contributed by atoms with Crippen molar-refractivity contribution in [2.45, 2.75) is 18.5 Å². The highest BCUT2D eigenvalue weighted by Crippen LogP contribution is 2.52. The summed E-state index contributed by atoms with van der Waals surface area (Å²) in [7, 11) is 3.23. The van der Waals surface area contributed by atoms with Gasteiger partial charge in [-0.3, -0.25) is 19.3 Å². The maximum atomic E-state index is 13.1. The van der Waals surface area contributed by atoms with Crippen molar-refractivity contribution < 1.29 is 19.1 Å². The maximum absolute atomic E-state index is 13.1. The summed E-state index contributed by atoms with van der Waals surface area (Å²) < 4.78 is 5.19. The number of para-hydroxylation sites is 1. The number of carbonyl (C=O) groups excluding carboxylic acids is 3. The molecule has 6 nitrogen and oxygen atoms in total. The molecule has 0 N–H and O–H groups in total. The number of anilines is 1. The van der Waals surface area contributed by atoms with E-state index in [0.29, 0.717) is 5.69 Å². The molecule has 1 aromatic carbocycles. The average molecular weight is 326 g/mol. The van der Waals surface area contributed by atoms with Gasteiger partial charge >= 0.3 is 0 Å². The number of benzene rings is 1. The predicted molar refractivity (Wildman–Crippen MR) is 86.0 cm³/mol. The minimum atomic E-state index is -1.06. The summed E-state index contributed by atoms with van der Waals surface area (Å²) >= 11 is 0. The number of Topliss-reactive ketones (excluding diaryl/α,β-unsaturated/α-hetero) is 1. The number of likely N-dealkylation sites (N-methyl/N-ethyl adjacent to an activating group) is 1. The van der Waals surface area contributed by atoms with Crippen LogP contribution in [0.3, 0.4) is 0 Å². The van der Waals surface area contributed by atoms with Crippen molar-refractivity contribution >= 4 is 23.3 Å². The fourth-order valence-electron chi connectivity index (χ4n) is 4.39. The van der Waals surface area contributed by atoms with E-state index in [2.05, 4.69) is 0 Å². The van der Waals surface area contributed by atoms with E-state index in [-0.39, 0.29) is 29.4 Å². The Labute approximate surface area is 139 Å². The van der Waals surface area contributed by atoms with Gasteiger partial charge in [-0.2, -0.15) is 0 Å². The van der Waals surface area contributed by atoms with Gasteiger partial charge < -0.3 is 4.74 Å². The molecule has 124 valence electrons. The Morgan fingerprint density at radius 3 is 2.38 bits per heavy atom. The second-order valence-corrected chi connectivity index (χ2v) is 6.66. The Morgan fingerprint density at radius 2 is 1.75 bits per heavy atom. The van der Waals surface area contributed by atoms with Gasteiger partial charge in [-0.1, -0.05) is 18.2 Å². The van der Waals surface area contributed by atoms with E-state index in [1.165, 1.54) is 12.0 Å². The summed E-state index contributed by atoms with van der Waals surface area (Å²) in [6.45, 7) is 1.73. The summed E-state index contributed by atoms with van der Waals surface area (Å²) in [4.78, 5) is 42.1. The van der Waals surface area contributed by atoms with Crippen LogP contribution in [0, 0.1) is 11.8 Å². The Kier molecular flexibility index (Phi) is 3.00. The van der Waals surface area contributed by atoms with Crippen LogP contribution in [0.15, 0.2) is 42.2 Å². The molecular weight excluding hydrogens is 308 g/mol. The van der Waals surface area contributed by atoms with Crippen molar-refractivity contribution in [2.24, 2.45) is 11.8 Å². The molecule has 2 amide bonds. The highest BCUT2D eigenvalue weighted by molar-refractivity contribution is 6.25. The maximum Gasteiger partial charge on any atom is 0.240 e. The summed E-state index contributed by atoms with van der Waals surface area (Å²) in [5, 5.41) is 0. The lowest BCUT2D eigenvalue weighted by atomic mass is 9.79. The monoisotopic (exact) mass is 326 g/mol. The van der Waals surface area contributed by atoms with Crippen molar-refractivity contribution in [1.82, 2.24) is 4.90 Å². The van der Waals surface area contributed by atoms with Crippen molar-refractivity contribution in [3.63, 3.8) is 0 Å². The van der Waals surface area contributed by atoms with Crippen molar-refractivity contribution in [3.8, 4) is 0 Å². The third-order valence-corrected chi connectivity index (χ3v) is 5.74. The molecule has 2 saturated heterocycles. The minimum Gasteiger partial charge on any atom is -0.493 e. The van der Waals surface area contributed by atoms with E-state index in [0.717, 1.165) is 0 Å². The smallest absolute Gasteiger partial charge is 0.240 e. The zero-order chi connectivity index (χ0) is 17.2. The number of fused-ring (bicyclic) bond motifs is 5. The van der Waals surface area contributed by atoms with E-state index in [1.807, 2.05) is 11.0 Å². The van der Waals surface area contributed by atoms with Crippen LogP contribution in [-0.4, -0.2) is 48.2 Å². The van der Waals surface area contributed by atoms with Crippen LogP contribution >= 0.6 is 0 Å². The number of nitrogens with zero attached hydrogens (tertiary/aromatic N) is 2. The van der Waals surface area contributed by atoms with Gasteiger partial charge in [-0.15, -0.1) is 0 Å². The van der Waals surface area contributed by atoms with Gasteiger partial charge in [-0.25, -0.2) is 4.90 Å². The number of rotatable bonds is 2. The zero-order valence-electron chi connectivity index (χ0n) is 13.7. The van der Waals surface area contributed by atoms with Gasteiger partial charge in [0.15, 0.2) is 5.76 Å². The second-order valence-electron chi connectivity index (χ2n) is 6.66. The van der Waals surface area contributed by atoms with Crippen molar-refractivity contribution in [3.05, 3.63) is 42.2 Å². The average Bonchev–Trinajstić information content (AvgIpc) is 2.93. The molecule has 24 heavy (non-hydrogen) atoms. The summed E-state index contributed by atoms with van der Waals surface area (Å²) in [6.07, 6.45) is 1.68. The Morgan fingerprint density at radius 1 is 1.08 bits per heavy atom. The van der Waals surface area contributed by atoms with Gasteiger partial charge in [0.05, 0.1) is 30.2 Å². The van der Waals surface area contributed by atoms with Crippen LogP contribution in [0.1, 0.15) is 6.92 Å². The third-order valence-electron chi connectivity index (χ3n) is 5.74. The van der Waals surface area contributed by atoms with E-state index in [1.54, 1.807) is 44.3 Å². The largest absolute Gasteiger partial charge is 0.493 e. The minimum absolute atomic E-state index is 0.238. The van der Waals surface area contributed by atoms with Crippen LogP contribution in [0.2, 0.25) is 0 Å². The molecular formula is C18H18N2O4. The number of hydrogen-bond acceptors (Lipinski definition) is 5. The lowest BCUT2D eigenvalue weighted by Crippen LogP contribution is -2.57. The standard InChI is InChI=1S/C18H18N2O4/c1-18-14-13(11(19(18)2)9-12(24-3)15(18)21)16(22)20(17(14)23)10-7-5-4-6-8-10/h4-9,11,13-14H,1-3H3/t11-,13-,14+,18-/m0/s1. The first-order chi connectivity index (χ1) is 11.4. The quantitative estimate of drug-likeness (QED) is 0.758. The number of amides is 2. The fourth-order valence-corrected chi connectivity index (χ4v) is 4.39. The molecule has 1 aromatic rings. The number of imide groups is 1. The molecule has 0 unspecified atom stereocenters. The van der Waals surface area contributed by atoms with Crippen LogP contribution in [0.5, 0.6) is 0 Å². The summed E-state index contributed by atoms with van der Waals surface area (Å²) in [5.74, 6) is -1.83. The van der Waals surface area contributed by atoms with E-state index >= 15 is 0 Å². The Hall–Kier alpha value is -2.47. The van der Waals surface area contributed by atoms with Gasteiger partial charge in [0, 0.05) is 6.04 Å². The molecule has 6 heteroatoms. The van der Waals surface area contributed by atoms with Crippen molar-refractivity contribution in [1.29, 1.82) is 0 Å².